The van der Waals surface area contributed by atoms with Crippen molar-refractivity contribution in [3.8, 4) is 0 Å². The zero-order chi connectivity index (χ0) is 11.1. The number of hydrogen-bond acceptors (Lipinski definition) is 5. The SMILES string of the molecule is CCOC(C)c1nnnn1CCCCN. The number of unbranched alkanes of at least 4 members (excludes halogenated alkanes) is 1. The molecule has 0 saturated heterocycles. The van der Waals surface area contributed by atoms with Crippen LogP contribution in [0.15, 0.2) is 0 Å². The van der Waals surface area contributed by atoms with Gasteiger partial charge in [-0.15, -0.1) is 5.10 Å². The van der Waals surface area contributed by atoms with Crippen LogP contribution in [-0.2, 0) is 11.3 Å². The van der Waals surface area contributed by atoms with E-state index in [9.17, 15) is 0 Å². The molecular formula is C9H19N5O. The Hall–Kier alpha value is -1.01. The molecule has 0 saturated carbocycles. The number of aromatic nitrogens is 4. The normalized spacial score (nSPS) is 13.0. The molecule has 0 amide bonds. The number of nitrogens with two attached hydrogens (primary N) is 1. The van der Waals surface area contributed by atoms with E-state index in [1.54, 1.807) is 4.68 Å². The van der Waals surface area contributed by atoms with Crippen LogP contribution in [0.1, 0.15) is 38.6 Å². The molecule has 86 valence electrons. The van der Waals surface area contributed by atoms with E-state index in [1.807, 2.05) is 13.8 Å². The van der Waals surface area contributed by atoms with Gasteiger partial charge in [-0.05, 0) is 43.7 Å². The van der Waals surface area contributed by atoms with Gasteiger partial charge in [-0.3, -0.25) is 0 Å². The lowest BCUT2D eigenvalue weighted by atomic mass is 10.3. The van der Waals surface area contributed by atoms with Gasteiger partial charge in [-0.1, -0.05) is 0 Å². The summed E-state index contributed by atoms with van der Waals surface area (Å²) in [5.74, 6) is 0.786. The van der Waals surface area contributed by atoms with Crippen molar-refractivity contribution in [2.75, 3.05) is 13.2 Å². The zero-order valence-corrected chi connectivity index (χ0v) is 9.39. The maximum Gasteiger partial charge on any atom is 0.179 e. The van der Waals surface area contributed by atoms with Crippen molar-refractivity contribution in [3.05, 3.63) is 5.82 Å². The third-order valence-corrected chi connectivity index (χ3v) is 2.16. The monoisotopic (exact) mass is 213 g/mol. The van der Waals surface area contributed by atoms with Gasteiger partial charge >= 0.3 is 0 Å². The van der Waals surface area contributed by atoms with Crippen LogP contribution in [0.2, 0.25) is 0 Å². The van der Waals surface area contributed by atoms with E-state index < -0.39 is 0 Å². The quantitative estimate of drug-likeness (QED) is 0.668. The van der Waals surface area contributed by atoms with Gasteiger partial charge in [0.15, 0.2) is 5.82 Å². The Morgan fingerprint density at radius 1 is 1.47 bits per heavy atom. The van der Waals surface area contributed by atoms with E-state index in [4.69, 9.17) is 10.5 Å². The summed E-state index contributed by atoms with van der Waals surface area (Å²) in [6, 6.07) is 0. The highest BCUT2D eigenvalue weighted by atomic mass is 16.5. The predicted octanol–water partition coefficient (Wildman–Crippen LogP) is 0.509. The standard InChI is InChI=1S/C9H19N5O/c1-3-15-8(2)9-11-12-13-14(9)7-5-4-6-10/h8H,3-7,10H2,1-2H3. The number of aryl methyl sites for hydroxylation is 1. The Morgan fingerprint density at radius 3 is 2.93 bits per heavy atom. The summed E-state index contributed by atoms with van der Waals surface area (Å²) < 4.78 is 7.23. The fourth-order valence-corrected chi connectivity index (χ4v) is 1.39. The fraction of sp³-hybridized carbons (Fsp3) is 0.889. The Bertz CT molecular complexity index is 275. The number of rotatable bonds is 7. The molecule has 1 unspecified atom stereocenters. The highest BCUT2D eigenvalue weighted by Crippen LogP contribution is 2.12. The maximum atomic E-state index is 5.45. The molecule has 15 heavy (non-hydrogen) atoms. The minimum Gasteiger partial charge on any atom is -0.371 e. The molecule has 1 atom stereocenters. The first-order chi connectivity index (χ1) is 7.29. The van der Waals surface area contributed by atoms with Crippen LogP contribution < -0.4 is 5.73 Å². The van der Waals surface area contributed by atoms with Crippen molar-refractivity contribution in [1.82, 2.24) is 20.2 Å². The molecule has 0 aliphatic rings. The minimum absolute atomic E-state index is 0.0529. The molecule has 1 aromatic heterocycles. The second kappa shape index (κ2) is 6.47. The summed E-state index contributed by atoms with van der Waals surface area (Å²) in [4.78, 5) is 0. The lowest BCUT2D eigenvalue weighted by Crippen LogP contribution is -2.12. The van der Waals surface area contributed by atoms with E-state index in [0.29, 0.717) is 13.2 Å². The number of nitrogens with zero attached hydrogens (tertiary/aromatic N) is 4. The Balaban J connectivity index is 2.52. The average Bonchev–Trinajstić information content (AvgIpc) is 2.67. The lowest BCUT2D eigenvalue weighted by Gasteiger charge is -2.10. The van der Waals surface area contributed by atoms with Crippen LogP contribution in [0.4, 0.5) is 0 Å². The first-order valence-electron chi connectivity index (χ1n) is 5.37. The third-order valence-electron chi connectivity index (χ3n) is 2.16. The Labute approximate surface area is 89.8 Å². The van der Waals surface area contributed by atoms with E-state index in [1.165, 1.54) is 0 Å². The maximum absolute atomic E-state index is 5.45. The van der Waals surface area contributed by atoms with Crippen LogP contribution >= 0.6 is 0 Å². The largest absolute Gasteiger partial charge is 0.371 e. The molecule has 0 spiro atoms. The van der Waals surface area contributed by atoms with Crippen molar-refractivity contribution >= 4 is 0 Å². The summed E-state index contributed by atoms with van der Waals surface area (Å²) in [6.45, 7) is 6.08. The minimum atomic E-state index is -0.0529. The average molecular weight is 213 g/mol. The second-order valence-electron chi connectivity index (χ2n) is 3.35. The Morgan fingerprint density at radius 2 is 2.27 bits per heavy atom. The highest BCUT2D eigenvalue weighted by Gasteiger charge is 2.13. The van der Waals surface area contributed by atoms with Crippen molar-refractivity contribution in [2.24, 2.45) is 5.73 Å². The molecule has 1 heterocycles. The zero-order valence-electron chi connectivity index (χ0n) is 9.39. The summed E-state index contributed by atoms with van der Waals surface area (Å²) in [6.07, 6.45) is 1.93. The van der Waals surface area contributed by atoms with E-state index in [-0.39, 0.29) is 6.10 Å². The molecule has 0 aromatic carbocycles. The van der Waals surface area contributed by atoms with Crippen LogP contribution in [0.25, 0.3) is 0 Å². The molecule has 2 N–H and O–H groups in total. The summed E-state index contributed by atoms with van der Waals surface area (Å²) in [5.41, 5.74) is 5.43. The molecule has 6 nitrogen and oxygen atoms in total. The molecule has 0 fully saturated rings. The molecule has 0 radical (unpaired) electrons. The number of ether oxygens (including phenoxy) is 1. The van der Waals surface area contributed by atoms with Crippen LogP contribution in [0, 0.1) is 0 Å². The summed E-state index contributed by atoms with van der Waals surface area (Å²) in [5, 5.41) is 11.5. The van der Waals surface area contributed by atoms with Crippen LogP contribution in [0.3, 0.4) is 0 Å². The van der Waals surface area contributed by atoms with Gasteiger partial charge in [-0.25, -0.2) is 4.68 Å². The predicted molar refractivity (Wildman–Crippen MR) is 56.1 cm³/mol. The Kier molecular flexibility index (Phi) is 5.20. The molecular weight excluding hydrogens is 194 g/mol. The number of tetrazole rings is 1. The van der Waals surface area contributed by atoms with Gasteiger partial charge in [-0.2, -0.15) is 0 Å². The molecule has 0 aliphatic heterocycles. The van der Waals surface area contributed by atoms with Crippen molar-refractivity contribution in [3.63, 3.8) is 0 Å². The van der Waals surface area contributed by atoms with E-state index in [0.717, 1.165) is 25.2 Å². The molecule has 0 aliphatic carbocycles. The van der Waals surface area contributed by atoms with Gasteiger partial charge in [0.2, 0.25) is 0 Å². The van der Waals surface area contributed by atoms with E-state index >= 15 is 0 Å². The van der Waals surface area contributed by atoms with E-state index in [2.05, 4.69) is 15.5 Å². The van der Waals surface area contributed by atoms with Crippen molar-refractivity contribution in [2.45, 2.75) is 39.3 Å². The summed E-state index contributed by atoms with van der Waals surface area (Å²) >= 11 is 0. The van der Waals surface area contributed by atoms with Crippen LogP contribution in [0.5, 0.6) is 0 Å². The second-order valence-corrected chi connectivity index (χ2v) is 3.35. The first kappa shape index (κ1) is 12.1. The smallest absolute Gasteiger partial charge is 0.179 e. The summed E-state index contributed by atoms with van der Waals surface area (Å²) in [7, 11) is 0. The van der Waals surface area contributed by atoms with Gasteiger partial charge < -0.3 is 10.5 Å². The molecule has 0 bridgehead atoms. The third kappa shape index (κ3) is 3.56. The fourth-order valence-electron chi connectivity index (χ4n) is 1.39. The van der Waals surface area contributed by atoms with Gasteiger partial charge in [0.05, 0.1) is 0 Å². The van der Waals surface area contributed by atoms with Gasteiger partial charge in [0, 0.05) is 13.2 Å². The first-order valence-corrected chi connectivity index (χ1v) is 5.37. The topological polar surface area (TPSA) is 78.9 Å². The molecule has 1 aromatic rings. The van der Waals surface area contributed by atoms with Crippen LogP contribution in [-0.4, -0.2) is 33.4 Å². The van der Waals surface area contributed by atoms with Gasteiger partial charge in [0.25, 0.3) is 0 Å². The van der Waals surface area contributed by atoms with Gasteiger partial charge in [0.1, 0.15) is 6.10 Å². The molecule has 6 heteroatoms. The van der Waals surface area contributed by atoms with Crippen molar-refractivity contribution in [1.29, 1.82) is 0 Å². The van der Waals surface area contributed by atoms with Crippen molar-refractivity contribution < 1.29 is 4.74 Å². The lowest BCUT2D eigenvalue weighted by molar-refractivity contribution is 0.0663. The number of hydrogen-bond donors (Lipinski definition) is 1. The molecule has 1 rings (SSSR count). The highest BCUT2D eigenvalue weighted by molar-refractivity contribution is 4.85.